The Balaban J connectivity index is 2.18. The van der Waals surface area contributed by atoms with E-state index in [0.29, 0.717) is 0 Å². The van der Waals surface area contributed by atoms with E-state index in [1.165, 1.54) is 23.7 Å². The van der Waals surface area contributed by atoms with E-state index in [4.69, 9.17) is 0 Å². The first-order chi connectivity index (χ1) is 8.22. The van der Waals surface area contributed by atoms with Crippen molar-refractivity contribution in [2.45, 2.75) is 39.8 Å². The Hall–Kier alpha value is -1.28. The van der Waals surface area contributed by atoms with Gasteiger partial charge in [-0.3, -0.25) is 0 Å². The number of aryl methyl sites for hydroxylation is 1. The van der Waals surface area contributed by atoms with Crippen LogP contribution < -0.4 is 0 Å². The van der Waals surface area contributed by atoms with Crippen LogP contribution >= 0.6 is 0 Å². The molecule has 17 heavy (non-hydrogen) atoms. The maximum atomic E-state index is 9.28. The summed E-state index contributed by atoms with van der Waals surface area (Å²) in [6, 6.07) is 8.24. The largest absolute Gasteiger partial charge is 0.392 e. The van der Waals surface area contributed by atoms with Crippen molar-refractivity contribution < 1.29 is 5.11 Å². The molecule has 0 aliphatic carbocycles. The van der Waals surface area contributed by atoms with E-state index in [1.807, 2.05) is 12.1 Å². The number of fused-ring (bicyclic) bond motifs is 1. The number of hydrogen-bond donors (Lipinski definition) is 1. The molecular weight excluding hydrogens is 210 g/mol. The normalized spacial score (nSPS) is 11.5. The molecule has 0 amide bonds. The number of aliphatic hydroxyl groups is 1. The fourth-order valence-electron chi connectivity index (χ4n) is 2.29. The Morgan fingerprint density at radius 3 is 2.76 bits per heavy atom. The van der Waals surface area contributed by atoms with Crippen molar-refractivity contribution >= 4 is 10.9 Å². The van der Waals surface area contributed by atoms with Crippen LogP contribution in [-0.4, -0.2) is 9.67 Å². The summed E-state index contributed by atoms with van der Waals surface area (Å²) >= 11 is 0. The van der Waals surface area contributed by atoms with Gasteiger partial charge in [0.25, 0.3) is 0 Å². The van der Waals surface area contributed by atoms with Gasteiger partial charge in [0.05, 0.1) is 6.61 Å². The molecule has 0 fully saturated rings. The topological polar surface area (TPSA) is 25.2 Å². The molecule has 0 saturated carbocycles. The molecule has 2 nitrogen and oxygen atoms in total. The van der Waals surface area contributed by atoms with Crippen LogP contribution in [0.1, 0.15) is 32.3 Å². The molecule has 1 N–H and O–H groups in total. The third-order valence-corrected chi connectivity index (χ3v) is 3.25. The van der Waals surface area contributed by atoms with Crippen LogP contribution in [0.3, 0.4) is 0 Å². The van der Waals surface area contributed by atoms with Gasteiger partial charge in [-0.25, -0.2) is 0 Å². The van der Waals surface area contributed by atoms with Gasteiger partial charge in [-0.05, 0) is 36.5 Å². The summed E-state index contributed by atoms with van der Waals surface area (Å²) in [6.45, 7) is 5.71. The summed E-state index contributed by atoms with van der Waals surface area (Å²) in [4.78, 5) is 0. The SMILES string of the molecule is CC(C)CCCn1ccc2c(CO)cccc21. The molecule has 1 aromatic heterocycles. The standard InChI is InChI=1S/C15H21NO/c1-12(2)5-4-9-16-10-8-14-13(11-17)6-3-7-15(14)16/h3,6-8,10,12,17H,4-5,9,11H2,1-2H3. The fourth-order valence-corrected chi connectivity index (χ4v) is 2.29. The van der Waals surface area contributed by atoms with E-state index in [-0.39, 0.29) is 6.61 Å². The molecule has 0 aliphatic heterocycles. The summed E-state index contributed by atoms with van der Waals surface area (Å²) in [5.74, 6) is 0.768. The molecule has 0 spiro atoms. The minimum Gasteiger partial charge on any atom is -0.392 e. The maximum Gasteiger partial charge on any atom is 0.0688 e. The van der Waals surface area contributed by atoms with Gasteiger partial charge in [0.2, 0.25) is 0 Å². The number of hydrogen-bond acceptors (Lipinski definition) is 1. The molecule has 2 heteroatoms. The van der Waals surface area contributed by atoms with Crippen molar-refractivity contribution in [3.63, 3.8) is 0 Å². The first-order valence-electron chi connectivity index (χ1n) is 6.40. The molecule has 2 aromatic rings. The third-order valence-electron chi connectivity index (χ3n) is 3.25. The molecule has 0 atom stereocenters. The lowest BCUT2D eigenvalue weighted by molar-refractivity contribution is 0.283. The molecule has 0 unspecified atom stereocenters. The van der Waals surface area contributed by atoms with Crippen LogP contribution in [0.5, 0.6) is 0 Å². The van der Waals surface area contributed by atoms with Crippen molar-refractivity contribution in [2.75, 3.05) is 0 Å². The number of nitrogens with zero attached hydrogens (tertiary/aromatic N) is 1. The average molecular weight is 231 g/mol. The molecule has 0 bridgehead atoms. The number of aromatic nitrogens is 1. The second-order valence-electron chi connectivity index (χ2n) is 5.05. The minimum atomic E-state index is 0.118. The molecule has 1 aromatic carbocycles. The van der Waals surface area contributed by atoms with Crippen LogP contribution in [0.4, 0.5) is 0 Å². The highest BCUT2D eigenvalue weighted by atomic mass is 16.3. The summed E-state index contributed by atoms with van der Waals surface area (Å²) in [7, 11) is 0. The zero-order valence-electron chi connectivity index (χ0n) is 10.7. The van der Waals surface area contributed by atoms with Gasteiger partial charge in [0, 0.05) is 23.6 Å². The summed E-state index contributed by atoms with van der Waals surface area (Å²) in [6.07, 6.45) is 4.61. The van der Waals surface area contributed by atoms with Crippen LogP contribution in [0.15, 0.2) is 30.5 Å². The summed E-state index contributed by atoms with van der Waals surface area (Å²) in [5.41, 5.74) is 2.26. The average Bonchev–Trinajstić information content (AvgIpc) is 2.72. The first kappa shape index (κ1) is 12.2. The molecule has 0 saturated heterocycles. The third kappa shape index (κ3) is 2.70. The highest BCUT2D eigenvalue weighted by molar-refractivity contribution is 5.83. The lowest BCUT2D eigenvalue weighted by Crippen LogP contribution is -1.98. The van der Waals surface area contributed by atoms with E-state index in [2.05, 4.69) is 36.7 Å². The predicted octanol–water partition coefficient (Wildman–Crippen LogP) is 3.57. The van der Waals surface area contributed by atoms with Crippen LogP contribution in [-0.2, 0) is 13.2 Å². The van der Waals surface area contributed by atoms with Gasteiger partial charge < -0.3 is 9.67 Å². The minimum absolute atomic E-state index is 0.118. The highest BCUT2D eigenvalue weighted by Crippen LogP contribution is 2.21. The van der Waals surface area contributed by atoms with Gasteiger partial charge >= 0.3 is 0 Å². The molecular formula is C15H21NO. The molecule has 0 aliphatic rings. The van der Waals surface area contributed by atoms with Gasteiger partial charge in [0.1, 0.15) is 0 Å². The van der Waals surface area contributed by atoms with Crippen LogP contribution in [0, 0.1) is 5.92 Å². The van der Waals surface area contributed by atoms with E-state index in [1.54, 1.807) is 0 Å². The number of aliphatic hydroxyl groups excluding tert-OH is 1. The molecule has 92 valence electrons. The monoisotopic (exact) mass is 231 g/mol. The second kappa shape index (κ2) is 5.37. The van der Waals surface area contributed by atoms with Gasteiger partial charge in [0.15, 0.2) is 0 Å². The molecule has 1 heterocycles. The van der Waals surface area contributed by atoms with Crippen molar-refractivity contribution in [3.05, 3.63) is 36.0 Å². The predicted molar refractivity (Wildman–Crippen MR) is 71.9 cm³/mol. The Kier molecular flexibility index (Phi) is 3.85. The number of benzene rings is 1. The van der Waals surface area contributed by atoms with Crippen LogP contribution in [0.2, 0.25) is 0 Å². The number of rotatable bonds is 5. The summed E-state index contributed by atoms with van der Waals surface area (Å²) < 4.78 is 2.29. The second-order valence-corrected chi connectivity index (χ2v) is 5.05. The Morgan fingerprint density at radius 2 is 2.06 bits per heavy atom. The Bertz CT molecular complexity index is 485. The van der Waals surface area contributed by atoms with Gasteiger partial charge in [-0.2, -0.15) is 0 Å². The fraction of sp³-hybridized carbons (Fsp3) is 0.467. The van der Waals surface area contributed by atoms with Crippen molar-refractivity contribution in [1.82, 2.24) is 4.57 Å². The van der Waals surface area contributed by atoms with E-state index in [9.17, 15) is 5.11 Å². The Labute approximate surface area is 103 Å². The maximum absolute atomic E-state index is 9.28. The zero-order valence-corrected chi connectivity index (χ0v) is 10.7. The van der Waals surface area contributed by atoms with Crippen molar-refractivity contribution in [3.8, 4) is 0 Å². The molecule has 2 rings (SSSR count). The van der Waals surface area contributed by atoms with Crippen LogP contribution in [0.25, 0.3) is 10.9 Å². The van der Waals surface area contributed by atoms with Crippen molar-refractivity contribution in [2.24, 2.45) is 5.92 Å². The lowest BCUT2D eigenvalue weighted by atomic mass is 10.1. The smallest absolute Gasteiger partial charge is 0.0688 e. The Morgan fingerprint density at radius 1 is 1.24 bits per heavy atom. The van der Waals surface area contributed by atoms with E-state index < -0.39 is 0 Å². The van der Waals surface area contributed by atoms with Gasteiger partial charge in [-0.1, -0.05) is 26.0 Å². The summed E-state index contributed by atoms with van der Waals surface area (Å²) in [5, 5.41) is 10.5. The first-order valence-corrected chi connectivity index (χ1v) is 6.40. The van der Waals surface area contributed by atoms with Crippen molar-refractivity contribution in [1.29, 1.82) is 0 Å². The lowest BCUT2D eigenvalue weighted by Gasteiger charge is -2.08. The highest BCUT2D eigenvalue weighted by Gasteiger charge is 2.04. The quantitative estimate of drug-likeness (QED) is 0.836. The molecule has 0 radical (unpaired) electrons. The van der Waals surface area contributed by atoms with E-state index in [0.717, 1.165) is 18.0 Å². The zero-order chi connectivity index (χ0) is 12.3. The van der Waals surface area contributed by atoms with E-state index >= 15 is 0 Å². The van der Waals surface area contributed by atoms with Gasteiger partial charge in [-0.15, -0.1) is 0 Å².